The van der Waals surface area contributed by atoms with Gasteiger partial charge in [0.15, 0.2) is 5.82 Å². The maximum absolute atomic E-state index is 5.17. The Labute approximate surface area is 114 Å². The summed E-state index contributed by atoms with van der Waals surface area (Å²) in [5.74, 6) is 1.27. The van der Waals surface area contributed by atoms with Crippen LogP contribution < -0.4 is 5.32 Å². The van der Waals surface area contributed by atoms with Crippen LogP contribution in [0.3, 0.4) is 0 Å². The van der Waals surface area contributed by atoms with Crippen molar-refractivity contribution >= 4 is 6.01 Å². The first-order valence-corrected chi connectivity index (χ1v) is 6.67. The van der Waals surface area contributed by atoms with Gasteiger partial charge in [-0.3, -0.25) is 0 Å². The van der Waals surface area contributed by atoms with Crippen LogP contribution >= 0.6 is 0 Å². The molecule has 4 nitrogen and oxygen atoms in total. The van der Waals surface area contributed by atoms with E-state index in [-0.39, 0.29) is 0 Å². The molecule has 0 aliphatic heterocycles. The predicted molar refractivity (Wildman–Crippen MR) is 76.3 cm³/mol. The minimum absolute atomic E-state index is 0.507. The van der Waals surface area contributed by atoms with E-state index in [0.717, 1.165) is 12.4 Å². The van der Waals surface area contributed by atoms with Gasteiger partial charge in [0.25, 0.3) is 0 Å². The van der Waals surface area contributed by atoms with Crippen LogP contribution in [0.5, 0.6) is 0 Å². The lowest BCUT2D eigenvalue weighted by atomic mass is 10.0. The zero-order valence-corrected chi connectivity index (χ0v) is 12.0. The van der Waals surface area contributed by atoms with Crippen LogP contribution in [0.15, 0.2) is 22.7 Å². The largest absolute Gasteiger partial charge is 0.338 e. The number of nitrogens with one attached hydrogen (secondary N) is 1. The second-order valence-corrected chi connectivity index (χ2v) is 5.39. The lowest BCUT2D eigenvalue weighted by Crippen LogP contribution is -2.08. The summed E-state index contributed by atoms with van der Waals surface area (Å²) in [5, 5.41) is 7.12. The Kier molecular flexibility index (Phi) is 4.20. The summed E-state index contributed by atoms with van der Waals surface area (Å²) in [5.41, 5.74) is 3.80. The van der Waals surface area contributed by atoms with Crippen molar-refractivity contribution in [2.45, 2.75) is 34.1 Å². The highest BCUT2D eigenvalue weighted by Gasteiger charge is 2.07. The molecule has 4 heteroatoms. The molecule has 1 heterocycles. The molecule has 0 unspecified atom stereocenters. The average molecular weight is 259 g/mol. The first kappa shape index (κ1) is 13.6. The zero-order valence-electron chi connectivity index (χ0n) is 12.0. The van der Waals surface area contributed by atoms with Crippen LogP contribution in [0, 0.1) is 19.8 Å². The number of aromatic nitrogens is 2. The van der Waals surface area contributed by atoms with Gasteiger partial charge in [0.05, 0.1) is 0 Å². The summed E-state index contributed by atoms with van der Waals surface area (Å²) < 4.78 is 5.17. The normalized spacial score (nSPS) is 11.0. The fourth-order valence-electron chi connectivity index (χ4n) is 1.79. The fourth-order valence-corrected chi connectivity index (χ4v) is 1.79. The maximum atomic E-state index is 5.17. The third-order valence-corrected chi connectivity index (χ3v) is 3.06. The smallest absolute Gasteiger partial charge is 0.321 e. The van der Waals surface area contributed by atoms with Crippen LogP contribution in [-0.2, 0) is 6.42 Å². The molecular weight excluding hydrogens is 238 g/mol. The van der Waals surface area contributed by atoms with Gasteiger partial charge >= 0.3 is 6.01 Å². The summed E-state index contributed by atoms with van der Waals surface area (Å²) in [6.07, 6.45) is 0.702. The summed E-state index contributed by atoms with van der Waals surface area (Å²) in [6.45, 7) is 9.34. The third-order valence-electron chi connectivity index (χ3n) is 3.06. The maximum Gasteiger partial charge on any atom is 0.321 e. The molecule has 0 amide bonds. The quantitative estimate of drug-likeness (QED) is 0.894. The minimum atomic E-state index is 0.507. The zero-order chi connectivity index (χ0) is 13.8. The minimum Gasteiger partial charge on any atom is -0.338 e. The Bertz CT molecular complexity index is 546. The highest BCUT2D eigenvalue weighted by Crippen LogP contribution is 2.14. The molecule has 2 rings (SSSR count). The molecule has 0 bridgehead atoms. The van der Waals surface area contributed by atoms with Crippen molar-refractivity contribution < 1.29 is 4.52 Å². The van der Waals surface area contributed by atoms with Crippen molar-refractivity contribution in [2.75, 3.05) is 11.9 Å². The van der Waals surface area contributed by atoms with Crippen molar-refractivity contribution in [3.63, 3.8) is 0 Å². The average Bonchev–Trinajstić information content (AvgIpc) is 2.79. The Morgan fingerprint density at radius 3 is 2.68 bits per heavy atom. The number of hydrogen-bond acceptors (Lipinski definition) is 4. The van der Waals surface area contributed by atoms with Crippen molar-refractivity contribution in [3.05, 3.63) is 40.7 Å². The lowest BCUT2D eigenvalue weighted by molar-refractivity contribution is 0.421. The molecule has 1 aromatic carbocycles. The highest BCUT2D eigenvalue weighted by molar-refractivity contribution is 5.31. The predicted octanol–water partition coefficient (Wildman–Crippen LogP) is 3.35. The van der Waals surface area contributed by atoms with Gasteiger partial charge in [0.2, 0.25) is 0 Å². The molecule has 102 valence electrons. The van der Waals surface area contributed by atoms with Crippen molar-refractivity contribution in [1.29, 1.82) is 0 Å². The third kappa shape index (κ3) is 3.81. The molecule has 2 aromatic rings. The van der Waals surface area contributed by atoms with E-state index >= 15 is 0 Å². The van der Waals surface area contributed by atoms with E-state index in [4.69, 9.17) is 4.52 Å². The molecule has 1 N–H and O–H groups in total. The summed E-state index contributed by atoms with van der Waals surface area (Å²) >= 11 is 0. The van der Waals surface area contributed by atoms with E-state index in [9.17, 15) is 0 Å². The molecule has 0 atom stereocenters. The molecular formula is C15H21N3O. The Balaban J connectivity index is 2.01. The first-order chi connectivity index (χ1) is 9.04. The lowest BCUT2D eigenvalue weighted by Gasteiger charge is -2.03. The van der Waals surface area contributed by atoms with Crippen molar-refractivity contribution in [3.8, 4) is 0 Å². The van der Waals surface area contributed by atoms with Crippen LogP contribution in [0.2, 0.25) is 0 Å². The molecule has 0 fully saturated rings. The van der Waals surface area contributed by atoms with Crippen LogP contribution in [0.4, 0.5) is 6.01 Å². The summed E-state index contributed by atoms with van der Waals surface area (Å²) in [7, 11) is 0. The second kappa shape index (κ2) is 5.87. The number of nitrogens with zero attached hydrogens (tertiary/aromatic N) is 2. The highest BCUT2D eigenvalue weighted by atomic mass is 16.5. The van der Waals surface area contributed by atoms with Crippen LogP contribution in [-0.4, -0.2) is 16.7 Å². The SMILES string of the molecule is Cc1ccc(Cc2noc(NCC(C)C)n2)cc1C. The topological polar surface area (TPSA) is 51.0 Å². The molecule has 0 saturated heterocycles. The molecule has 0 saturated carbocycles. The van der Waals surface area contributed by atoms with Crippen LogP contribution in [0.1, 0.15) is 36.4 Å². The summed E-state index contributed by atoms with van der Waals surface area (Å²) in [6, 6.07) is 6.92. The van der Waals surface area contributed by atoms with Gasteiger partial charge in [-0.15, -0.1) is 0 Å². The van der Waals surface area contributed by atoms with Crippen molar-refractivity contribution in [1.82, 2.24) is 10.1 Å². The van der Waals surface area contributed by atoms with E-state index in [1.807, 2.05) is 0 Å². The standard InChI is InChI=1S/C15H21N3O/c1-10(2)9-16-15-17-14(18-19-15)8-13-6-5-11(3)12(4)7-13/h5-7,10H,8-9H2,1-4H3,(H,16,17,18). The Hall–Kier alpha value is -1.84. The van der Waals surface area contributed by atoms with Gasteiger partial charge in [-0.05, 0) is 36.5 Å². The van der Waals surface area contributed by atoms with Gasteiger partial charge in [0.1, 0.15) is 0 Å². The summed E-state index contributed by atoms with van der Waals surface area (Å²) in [4.78, 5) is 4.34. The number of rotatable bonds is 5. The van der Waals surface area contributed by atoms with E-state index in [1.165, 1.54) is 16.7 Å². The van der Waals surface area contributed by atoms with E-state index < -0.39 is 0 Å². The van der Waals surface area contributed by atoms with Gasteiger partial charge in [-0.25, -0.2) is 0 Å². The van der Waals surface area contributed by atoms with E-state index in [0.29, 0.717) is 18.4 Å². The first-order valence-electron chi connectivity index (χ1n) is 6.67. The van der Waals surface area contributed by atoms with E-state index in [2.05, 4.69) is 61.4 Å². The van der Waals surface area contributed by atoms with Gasteiger partial charge in [-0.2, -0.15) is 4.98 Å². The molecule has 0 aliphatic rings. The number of hydrogen-bond donors (Lipinski definition) is 1. The second-order valence-electron chi connectivity index (χ2n) is 5.39. The number of anilines is 1. The number of aryl methyl sites for hydroxylation is 2. The van der Waals surface area contributed by atoms with Crippen molar-refractivity contribution in [2.24, 2.45) is 5.92 Å². The Morgan fingerprint density at radius 2 is 2.00 bits per heavy atom. The molecule has 19 heavy (non-hydrogen) atoms. The monoisotopic (exact) mass is 259 g/mol. The molecule has 0 aliphatic carbocycles. The fraction of sp³-hybridized carbons (Fsp3) is 0.467. The Morgan fingerprint density at radius 1 is 1.21 bits per heavy atom. The van der Waals surface area contributed by atoms with Crippen LogP contribution in [0.25, 0.3) is 0 Å². The van der Waals surface area contributed by atoms with Gasteiger partial charge in [0, 0.05) is 13.0 Å². The van der Waals surface area contributed by atoms with Gasteiger partial charge in [-0.1, -0.05) is 37.2 Å². The molecule has 1 aromatic heterocycles. The number of benzene rings is 1. The molecule has 0 spiro atoms. The molecule has 0 radical (unpaired) electrons. The van der Waals surface area contributed by atoms with Gasteiger partial charge < -0.3 is 9.84 Å². The van der Waals surface area contributed by atoms with E-state index in [1.54, 1.807) is 0 Å².